The highest BCUT2D eigenvalue weighted by Crippen LogP contribution is 2.34. The molecule has 0 aromatic heterocycles. The lowest BCUT2D eigenvalue weighted by Crippen LogP contribution is -2.16. The number of anilines is 1. The van der Waals surface area contributed by atoms with Crippen molar-refractivity contribution >= 4 is 17.6 Å². The highest BCUT2D eigenvalue weighted by molar-refractivity contribution is 6.08. The van der Waals surface area contributed by atoms with Crippen molar-refractivity contribution in [2.75, 3.05) is 26.6 Å². The summed E-state index contributed by atoms with van der Waals surface area (Å²) in [5.74, 6) is -0.154. The van der Waals surface area contributed by atoms with E-state index < -0.39 is 5.97 Å². The molecule has 1 N–H and O–H groups in total. The third-order valence-electron chi connectivity index (χ3n) is 3.66. The molecule has 0 atom stereocenters. The van der Waals surface area contributed by atoms with Gasteiger partial charge in [0.15, 0.2) is 11.5 Å². The van der Waals surface area contributed by atoms with Crippen LogP contribution in [0.5, 0.6) is 11.5 Å². The first-order chi connectivity index (χ1) is 11.9. The zero-order chi connectivity index (χ0) is 18.6. The summed E-state index contributed by atoms with van der Waals surface area (Å²) >= 11 is 0. The molecule has 0 bridgehead atoms. The van der Waals surface area contributed by atoms with Gasteiger partial charge in [0.2, 0.25) is 0 Å². The maximum absolute atomic E-state index is 12.6. The van der Waals surface area contributed by atoms with Gasteiger partial charge in [0.1, 0.15) is 0 Å². The van der Waals surface area contributed by atoms with Crippen molar-refractivity contribution in [3.05, 3.63) is 52.6 Å². The van der Waals surface area contributed by atoms with Crippen LogP contribution in [-0.2, 0) is 4.74 Å². The summed E-state index contributed by atoms with van der Waals surface area (Å²) in [6.07, 6.45) is 0. The fourth-order valence-electron chi connectivity index (χ4n) is 2.56. The molecule has 0 fully saturated rings. The third-order valence-corrected chi connectivity index (χ3v) is 3.66. The summed E-state index contributed by atoms with van der Waals surface area (Å²) in [6, 6.07) is 8.54. The summed E-state index contributed by atoms with van der Waals surface area (Å²) in [7, 11) is 4.21. The van der Waals surface area contributed by atoms with E-state index >= 15 is 0 Å². The Morgan fingerprint density at radius 3 is 1.92 bits per heavy atom. The number of nitrogens with one attached hydrogen (secondary N) is 1. The van der Waals surface area contributed by atoms with Gasteiger partial charge < -0.3 is 19.5 Å². The zero-order valence-electron chi connectivity index (χ0n) is 14.9. The van der Waals surface area contributed by atoms with Gasteiger partial charge in [0.25, 0.3) is 5.91 Å². The lowest BCUT2D eigenvalue weighted by Gasteiger charge is -2.15. The molecule has 2 aromatic rings. The minimum absolute atomic E-state index is 0.179. The average Bonchev–Trinajstić information content (AvgIpc) is 2.59. The number of ether oxygens (including phenoxy) is 3. The number of rotatable bonds is 5. The highest BCUT2D eigenvalue weighted by atomic mass is 16.5. The summed E-state index contributed by atoms with van der Waals surface area (Å²) in [4.78, 5) is 24.7. The molecule has 0 radical (unpaired) electrons. The monoisotopic (exact) mass is 343 g/mol. The molecule has 25 heavy (non-hydrogen) atoms. The van der Waals surface area contributed by atoms with Crippen LogP contribution in [-0.4, -0.2) is 33.2 Å². The Hall–Kier alpha value is -3.02. The molecule has 0 aliphatic heterocycles. The number of carbonyl (C=O) groups is 2. The van der Waals surface area contributed by atoms with Crippen molar-refractivity contribution in [1.29, 1.82) is 0 Å². The first kappa shape index (κ1) is 18.3. The fourth-order valence-corrected chi connectivity index (χ4v) is 2.56. The van der Waals surface area contributed by atoms with Crippen LogP contribution in [0.4, 0.5) is 5.69 Å². The zero-order valence-corrected chi connectivity index (χ0v) is 14.9. The van der Waals surface area contributed by atoms with E-state index in [4.69, 9.17) is 14.2 Å². The fraction of sp³-hybridized carbons (Fsp3) is 0.263. The summed E-state index contributed by atoms with van der Waals surface area (Å²) in [6.45, 7) is 3.83. The second kappa shape index (κ2) is 7.70. The topological polar surface area (TPSA) is 73.9 Å². The molecule has 0 heterocycles. The molecular formula is C19H21NO5. The number of esters is 1. The number of hydrogen-bond donors (Lipinski definition) is 1. The van der Waals surface area contributed by atoms with E-state index in [1.54, 1.807) is 12.1 Å². The van der Waals surface area contributed by atoms with Crippen molar-refractivity contribution in [2.45, 2.75) is 13.8 Å². The van der Waals surface area contributed by atoms with Crippen LogP contribution in [0.25, 0.3) is 0 Å². The molecule has 132 valence electrons. The van der Waals surface area contributed by atoms with E-state index in [9.17, 15) is 9.59 Å². The lowest BCUT2D eigenvalue weighted by molar-refractivity contribution is 0.0601. The Morgan fingerprint density at radius 2 is 1.40 bits per heavy atom. The highest BCUT2D eigenvalue weighted by Gasteiger charge is 2.19. The predicted molar refractivity (Wildman–Crippen MR) is 94.8 cm³/mol. The van der Waals surface area contributed by atoms with Gasteiger partial charge in [-0.25, -0.2) is 4.79 Å². The Morgan fingerprint density at radius 1 is 0.840 bits per heavy atom. The normalized spacial score (nSPS) is 10.1. The molecule has 0 aliphatic carbocycles. The van der Waals surface area contributed by atoms with Gasteiger partial charge in [0.05, 0.1) is 32.6 Å². The van der Waals surface area contributed by atoms with E-state index in [2.05, 4.69) is 5.32 Å². The van der Waals surface area contributed by atoms with Gasteiger partial charge in [0, 0.05) is 17.7 Å². The van der Waals surface area contributed by atoms with Crippen LogP contribution < -0.4 is 14.8 Å². The van der Waals surface area contributed by atoms with E-state index in [0.29, 0.717) is 17.1 Å². The van der Waals surface area contributed by atoms with E-state index in [-0.39, 0.29) is 17.2 Å². The number of amides is 1. The summed E-state index contributed by atoms with van der Waals surface area (Å²) in [5, 5.41) is 2.75. The molecule has 0 aliphatic rings. The molecule has 2 aromatic carbocycles. The van der Waals surface area contributed by atoms with E-state index in [1.807, 2.05) is 19.9 Å². The molecule has 0 saturated heterocycles. The Balaban J connectivity index is 2.46. The van der Waals surface area contributed by atoms with Crippen molar-refractivity contribution < 1.29 is 23.8 Å². The molecule has 2 rings (SSSR count). The average molecular weight is 343 g/mol. The first-order valence-electron chi connectivity index (χ1n) is 7.63. The SMILES string of the molecule is COC(=O)c1cc(OC)c(OC)cc1NC(=O)c1cc(C)cc(C)c1. The standard InChI is InChI=1S/C19H21NO5/c1-11-6-12(2)8-13(7-11)18(21)20-15-10-17(24-4)16(23-3)9-14(15)19(22)25-5/h6-10H,1-5H3,(H,20,21). The molecule has 0 spiro atoms. The van der Waals surface area contributed by atoms with Crippen LogP contribution >= 0.6 is 0 Å². The van der Waals surface area contributed by atoms with Crippen molar-refractivity contribution in [1.82, 2.24) is 0 Å². The number of methoxy groups -OCH3 is 3. The number of carbonyl (C=O) groups excluding carboxylic acids is 2. The van der Waals surface area contributed by atoms with Gasteiger partial charge in [-0.2, -0.15) is 0 Å². The van der Waals surface area contributed by atoms with Gasteiger partial charge in [-0.1, -0.05) is 17.2 Å². The van der Waals surface area contributed by atoms with Gasteiger partial charge in [-0.05, 0) is 26.0 Å². The van der Waals surface area contributed by atoms with Crippen LogP contribution in [0.2, 0.25) is 0 Å². The second-order valence-electron chi connectivity index (χ2n) is 5.57. The van der Waals surface area contributed by atoms with Gasteiger partial charge in [-0.15, -0.1) is 0 Å². The lowest BCUT2D eigenvalue weighted by atomic mass is 10.1. The molecular weight excluding hydrogens is 322 g/mol. The number of benzene rings is 2. The molecule has 0 saturated carbocycles. The third kappa shape index (κ3) is 4.09. The quantitative estimate of drug-likeness (QED) is 0.843. The second-order valence-corrected chi connectivity index (χ2v) is 5.57. The smallest absolute Gasteiger partial charge is 0.340 e. The minimum Gasteiger partial charge on any atom is -0.493 e. The van der Waals surface area contributed by atoms with Gasteiger partial charge in [-0.3, -0.25) is 4.79 Å². The Bertz CT molecular complexity index is 793. The van der Waals surface area contributed by atoms with Crippen molar-refractivity contribution in [3.63, 3.8) is 0 Å². The minimum atomic E-state index is -0.586. The van der Waals surface area contributed by atoms with Gasteiger partial charge >= 0.3 is 5.97 Å². The van der Waals surface area contributed by atoms with Crippen LogP contribution in [0.3, 0.4) is 0 Å². The van der Waals surface area contributed by atoms with Crippen LogP contribution in [0, 0.1) is 13.8 Å². The van der Waals surface area contributed by atoms with Crippen LogP contribution in [0.15, 0.2) is 30.3 Å². The molecule has 0 unspecified atom stereocenters. The maximum atomic E-state index is 12.6. The largest absolute Gasteiger partial charge is 0.493 e. The van der Waals surface area contributed by atoms with E-state index in [0.717, 1.165) is 11.1 Å². The first-order valence-corrected chi connectivity index (χ1v) is 7.63. The Labute approximate surface area is 146 Å². The predicted octanol–water partition coefficient (Wildman–Crippen LogP) is 3.36. The summed E-state index contributed by atoms with van der Waals surface area (Å²) < 4.78 is 15.2. The maximum Gasteiger partial charge on any atom is 0.340 e. The Kier molecular flexibility index (Phi) is 5.64. The molecule has 1 amide bonds. The number of aryl methyl sites for hydroxylation is 2. The van der Waals surface area contributed by atoms with Crippen LogP contribution in [0.1, 0.15) is 31.8 Å². The number of hydrogen-bond acceptors (Lipinski definition) is 5. The molecule has 6 nitrogen and oxygen atoms in total. The van der Waals surface area contributed by atoms with Crippen molar-refractivity contribution in [2.24, 2.45) is 0 Å². The van der Waals surface area contributed by atoms with Crippen molar-refractivity contribution in [3.8, 4) is 11.5 Å². The molecule has 6 heteroatoms. The summed E-state index contributed by atoms with van der Waals surface area (Å²) in [5.41, 5.74) is 2.92. The van der Waals surface area contributed by atoms with E-state index in [1.165, 1.54) is 33.5 Å².